The average molecular weight is 383 g/mol. The SMILES string of the molecule is CN=C(NCc1ccccc1Cn1cccn1)NCC(C)N1CCCCC1C. The van der Waals surface area contributed by atoms with E-state index in [1.165, 1.54) is 36.9 Å². The molecule has 28 heavy (non-hydrogen) atoms. The van der Waals surface area contributed by atoms with E-state index in [-0.39, 0.29) is 0 Å². The molecular formula is C22H34N6. The molecule has 0 amide bonds. The molecule has 1 aromatic heterocycles. The molecule has 1 aliphatic heterocycles. The highest BCUT2D eigenvalue weighted by molar-refractivity contribution is 5.79. The molecule has 1 aromatic carbocycles. The second-order valence-corrected chi connectivity index (χ2v) is 7.71. The van der Waals surface area contributed by atoms with Gasteiger partial charge in [0.15, 0.2) is 5.96 Å². The fourth-order valence-corrected chi connectivity index (χ4v) is 3.99. The first-order chi connectivity index (χ1) is 13.7. The number of aromatic nitrogens is 2. The molecule has 2 heterocycles. The van der Waals surface area contributed by atoms with Crippen molar-refractivity contribution in [2.24, 2.45) is 4.99 Å². The summed E-state index contributed by atoms with van der Waals surface area (Å²) in [5, 5.41) is 11.3. The van der Waals surface area contributed by atoms with E-state index in [0.29, 0.717) is 12.1 Å². The summed E-state index contributed by atoms with van der Waals surface area (Å²) in [5.74, 6) is 0.852. The Morgan fingerprint density at radius 1 is 1.21 bits per heavy atom. The Morgan fingerprint density at radius 3 is 2.75 bits per heavy atom. The number of aliphatic imine (C=N–C) groups is 1. The number of hydrogen-bond donors (Lipinski definition) is 2. The molecule has 2 unspecified atom stereocenters. The molecular weight excluding hydrogens is 348 g/mol. The Kier molecular flexibility index (Phi) is 7.48. The second-order valence-electron chi connectivity index (χ2n) is 7.71. The molecule has 0 aliphatic carbocycles. The van der Waals surface area contributed by atoms with Crippen molar-refractivity contribution in [2.45, 2.75) is 58.3 Å². The fraction of sp³-hybridized carbons (Fsp3) is 0.545. The quantitative estimate of drug-likeness (QED) is 0.571. The van der Waals surface area contributed by atoms with E-state index >= 15 is 0 Å². The molecule has 0 radical (unpaired) electrons. The summed E-state index contributed by atoms with van der Waals surface area (Å²) in [6.45, 7) is 8.28. The third kappa shape index (κ3) is 5.58. The topological polar surface area (TPSA) is 57.5 Å². The first-order valence-electron chi connectivity index (χ1n) is 10.4. The summed E-state index contributed by atoms with van der Waals surface area (Å²) in [4.78, 5) is 7.02. The largest absolute Gasteiger partial charge is 0.355 e. The smallest absolute Gasteiger partial charge is 0.191 e. The molecule has 1 fully saturated rings. The Bertz CT molecular complexity index is 739. The predicted octanol–water partition coefficient (Wildman–Crippen LogP) is 2.86. The van der Waals surface area contributed by atoms with Gasteiger partial charge in [0.25, 0.3) is 0 Å². The van der Waals surface area contributed by atoms with E-state index in [0.717, 1.165) is 25.6 Å². The van der Waals surface area contributed by atoms with E-state index < -0.39 is 0 Å². The van der Waals surface area contributed by atoms with Crippen molar-refractivity contribution in [1.29, 1.82) is 0 Å². The molecule has 2 aromatic rings. The molecule has 3 rings (SSSR count). The van der Waals surface area contributed by atoms with Gasteiger partial charge < -0.3 is 10.6 Å². The number of hydrogen-bond acceptors (Lipinski definition) is 3. The minimum Gasteiger partial charge on any atom is -0.355 e. The standard InChI is InChI=1S/C22H34N6/c1-18-9-6-7-14-28(18)19(2)15-24-22(23-3)25-16-20-10-4-5-11-21(20)17-27-13-8-12-26-27/h4-5,8,10-13,18-19H,6-7,9,14-17H2,1-3H3,(H2,23,24,25). The number of rotatable bonds is 7. The molecule has 152 valence electrons. The molecule has 1 saturated heterocycles. The molecule has 1 aliphatic rings. The van der Waals surface area contributed by atoms with E-state index in [4.69, 9.17) is 0 Å². The van der Waals surface area contributed by atoms with Crippen LogP contribution in [0.5, 0.6) is 0 Å². The van der Waals surface area contributed by atoms with Gasteiger partial charge in [-0.3, -0.25) is 14.6 Å². The molecule has 0 spiro atoms. The summed E-state index contributed by atoms with van der Waals surface area (Å²) in [6.07, 6.45) is 7.79. The maximum absolute atomic E-state index is 4.40. The number of guanidine groups is 1. The van der Waals surface area contributed by atoms with Gasteiger partial charge >= 0.3 is 0 Å². The van der Waals surface area contributed by atoms with Gasteiger partial charge in [0.2, 0.25) is 0 Å². The van der Waals surface area contributed by atoms with E-state index in [1.807, 2.05) is 30.2 Å². The number of likely N-dealkylation sites (tertiary alicyclic amines) is 1. The number of piperidine rings is 1. The second kappa shape index (κ2) is 10.3. The summed E-state index contributed by atoms with van der Waals surface area (Å²) < 4.78 is 1.95. The minimum absolute atomic E-state index is 0.501. The number of nitrogens with zero attached hydrogens (tertiary/aromatic N) is 4. The van der Waals surface area contributed by atoms with Crippen LogP contribution in [-0.4, -0.2) is 52.9 Å². The lowest BCUT2D eigenvalue weighted by Crippen LogP contribution is -2.50. The van der Waals surface area contributed by atoms with Crippen LogP contribution in [0.2, 0.25) is 0 Å². The van der Waals surface area contributed by atoms with Gasteiger partial charge in [0.1, 0.15) is 0 Å². The number of benzene rings is 1. The van der Waals surface area contributed by atoms with Crippen LogP contribution in [0, 0.1) is 0 Å². The van der Waals surface area contributed by atoms with Gasteiger partial charge in [-0.25, -0.2) is 0 Å². The van der Waals surface area contributed by atoms with Crippen molar-refractivity contribution < 1.29 is 0 Å². The number of nitrogens with one attached hydrogen (secondary N) is 2. The molecule has 2 atom stereocenters. The van der Waals surface area contributed by atoms with Crippen LogP contribution in [0.1, 0.15) is 44.2 Å². The van der Waals surface area contributed by atoms with Crippen molar-refractivity contribution in [2.75, 3.05) is 20.1 Å². The third-order valence-electron chi connectivity index (χ3n) is 5.67. The Labute approximate surface area is 169 Å². The van der Waals surface area contributed by atoms with Gasteiger partial charge in [0, 0.05) is 44.6 Å². The molecule has 0 bridgehead atoms. The van der Waals surface area contributed by atoms with E-state index in [9.17, 15) is 0 Å². The molecule has 6 nitrogen and oxygen atoms in total. The summed E-state index contributed by atoms with van der Waals surface area (Å²) >= 11 is 0. The van der Waals surface area contributed by atoms with Gasteiger partial charge in [-0.1, -0.05) is 30.7 Å². The first kappa shape index (κ1) is 20.4. The van der Waals surface area contributed by atoms with Crippen LogP contribution in [0.15, 0.2) is 47.7 Å². The highest BCUT2D eigenvalue weighted by Gasteiger charge is 2.22. The maximum Gasteiger partial charge on any atom is 0.191 e. The lowest BCUT2D eigenvalue weighted by molar-refractivity contribution is 0.115. The highest BCUT2D eigenvalue weighted by Crippen LogP contribution is 2.18. The molecule has 6 heteroatoms. The van der Waals surface area contributed by atoms with E-state index in [2.05, 4.69) is 63.7 Å². The third-order valence-corrected chi connectivity index (χ3v) is 5.67. The minimum atomic E-state index is 0.501. The van der Waals surface area contributed by atoms with Crippen LogP contribution >= 0.6 is 0 Å². The lowest BCUT2D eigenvalue weighted by atomic mass is 10.0. The highest BCUT2D eigenvalue weighted by atomic mass is 15.3. The van der Waals surface area contributed by atoms with Crippen molar-refractivity contribution in [3.63, 3.8) is 0 Å². The van der Waals surface area contributed by atoms with Gasteiger partial charge in [-0.05, 0) is 50.4 Å². The van der Waals surface area contributed by atoms with Crippen LogP contribution in [0.25, 0.3) is 0 Å². The van der Waals surface area contributed by atoms with Crippen molar-refractivity contribution in [1.82, 2.24) is 25.3 Å². The van der Waals surface area contributed by atoms with Gasteiger partial charge in [-0.2, -0.15) is 5.10 Å². The lowest BCUT2D eigenvalue weighted by Gasteiger charge is -2.38. The average Bonchev–Trinajstić information content (AvgIpc) is 3.22. The molecule has 2 N–H and O–H groups in total. The van der Waals surface area contributed by atoms with Crippen LogP contribution in [0.3, 0.4) is 0 Å². The monoisotopic (exact) mass is 382 g/mol. The summed E-state index contributed by atoms with van der Waals surface area (Å²) in [5.41, 5.74) is 2.53. The zero-order valence-electron chi connectivity index (χ0n) is 17.4. The summed E-state index contributed by atoms with van der Waals surface area (Å²) in [7, 11) is 1.83. The Morgan fingerprint density at radius 2 is 2.04 bits per heavy atom. The Hall–Kier alpha value is -2.34. The predicted molar refractivity (Wildman–Crippen MR) is 115 cm³/mol. The van der Waals surface area contributed by atoms with Crippen LogP contribution in [-0.2, 0) is 13.1 Å². The maximum atomic E-state index is 4.40. The normalized spacial score (nSPS) is 19.4. The van der Waals surface area contributed by atoms with Crippen LogP contribution in [0.4, 0.5) is 0 Å². The van der Waals surface area contributed by atoms with Gasteiger partial charge in [-0.15, -0.1) is 0 Å². The molecule has 0 saturated carbocycles. The van der Waals surface area contributed by atoms with Crippen molar-refractivity contribution in [3.8, 4) is 0 Å². The Balaban J connectivity index is 1.52. The summed E-state index contributed by atoms with van der Waals surface area (Å²) in [6, 6.07) is 11.6. The fourth-order valence-electron chi connectivity index (χ4n) is 3.99. The first-order valence-corrected chi connectivity index (χ1v) is 10.4. The zero-order chi connectivity index (χ0) is 19.8. The van der Waals surface area contributed by atoms with Crippen molar-refractivity contribution >= 4 is 5.96 Å². The zero-order valence-corrected chi connectivity index (χ0v) is 17.4. The van der Waals surface area contributed by atoms with Crippen molar-refractivity contribution in [3.05, 3.63) is 53.9 Å². The van der Waals surface area contributed by atoms with Crippen LogP contribution < -0.4 is 10.6 Å². The van der Waals surface area contributed by atoms with Gasteiger partial charge in [0.05, 0.1) is 6.54 Å². The van der Waals surface area contributed by atoms with E-state index in [1.54, 1.807) is 0 Å².